The highest BCUT2D eigenvalue weighted by atomic mass is 16.1. The fourth-order valence-electron chi connectivity index (χ4n) is 1.44. The van der Waals surface area contributed by atoms with Crippen molar-refractivity contribution in [3.8, 4) is 0 Å². The Labute approximate surface area is 99.1 Å². The first-order chi connectivity index (χ1) is 8.08. The Kier molecular flexibility index (Phi) is 2.91. The van der Waals surface area contributed by atoms with E-state index in [1.807, 2.05) is 13.8 Å². The maximum Gasteiger partial charge on any atom is 0.226 e. The van der Waals surface area contributed by atoms with Crippen molar-refractivity contribution >= 4 is 28.3 Å². The minimum atomic E-state index is -0.0545. The van der Waals surface area contributed by atoms with Crippen molar-refractivity contribution in [2.75, 3.05) is 11.1 Å². The van der Waals surface area contributed by atoms with Gasteiger partial charge in [0.2, 0.25) is 5.91 Å². The highest BCUT2D eigenvalue weighted by Crippen LogP contribution is 2.20. The number of nitrogens with zero attached hydrogens (tertiary/aromatic N) is 2. The third-order valence-corrected chi connectivity index (χ3v) is 2.46. The van der Waals surface area contributed by atoms with E-state index in [0.29, 0.717) is 11.5 Å². The van der Waals surface area contributed by atoms with E-state index in [2.05, 4.69) is 15.3 Å². The van der Waals surface area contributed by atoms with Crippen LogP contribution in [0.1, 0.15) is 13.8 Å². The molecule has 0 spiro atoms. The number of nitrogen functional groups attached to an aromatic ring is 1. The van der Waals surface area contributed by atoms with Crippen LogP contribution in [0.2, 0.25) is 0 Å². The van der Waals surface area contributed by atoms with Crippen LogP contribution in [-0.4, -0.2) is 15.9 Å². The number of rotatable bonds is 2. The molecule has 0 fully saturated rings. The Morgan fingerprint density at radius 3 is 2.82 bits per heavy atom. The molecule has 0 aliphatic heterocycles. The number of carbonyl (C=O) groups excluding carboxylic acids is 1. The fourth-order valence-corrected chi connectivity index (χ4v) is 1.44. The first-order valence-electron chi connectivity index (χ1n) is 5.39. The van der Waals surface area contributed by atoms with Gasteiger partial charge in [-0.15, -0.1) is 0 Å². The quantitative estimate of drug-likeness (QED) is 0.824. The summed E-state index contributed by atoms with van der Waals surface area (Å²) >= 11 is 0. The molecule has 0 aliphatic rings. The van der Waals surface area contributed by atoms with Crippen LogP contribution in [0.3, 0.4) is 0 Å². The molecule has 0 aliphatic carbocycles. The predicted molar refractivity (Wildman–Crippen MR) is 67.4 cm³/mol. The van der Waals surface area contributed by atoms with Crippen molar-refractivity contribution in [3.05, 3.63) is 24.5 Å². The molecule has 0 saturated heterocycles. The predicted octanol–water partition coefficient (Wildman–Crippen LogP) is 1.81. The lowest BCUT2D eigenvalue weighted by molar-refractivity contribution is -0.118. The molecule has 0 saturated carbocycles. The standard InChI is InChI=1S/C12H14N4O/c1-7(2)12(17)16-8-3-4-9-10(5-8)14-6-15-11(9)13/h3-7H,1-2H3,(H,16,17)(H2,13,14,15). The number of hydrogen-bond acceptors (Lipinski definition) is 4. The first-order valence-corrected chi connectivity index (χ1v) is 5.39. The van der Waals surface area contributed by atoms with E-state index in [1.54, 1.807) is 18.2 Å². The molecule has 0 atom stereocenters. The van der Waals surface area contributed by atoms with Crippen LogP contribution in [0.25, 0.3) is 10.9 Å². The van der Waals surface area contributed by atoms with Crippen LogP contribution < -0.4 is 11.1 Å². The largest absolute Gasteiger partial charge is 0.383 e. The number of anilines is 2. The lowest BCUT2D eigenvalue weighted by Crippen LogP contribution is -2.17. The van der Waals surface area contributed by atoms with Gasteiger partial charge < -0.3 is 11.1 Å². The zero-order valence-electron chi connectivity index (χ0n) is 9.77. The highest BCUT2D eigenvalue weighted by Gasteiger charge is 2.08. The van der Waals surface area contributed by atoms with Crippen molar-refractivity contribution in [1.29, 1.82) is 0 Å². The van der Waals surface area contributed by atoms with E-state index in [-0.39, 0.29) is 11.8 Å². The van der Waals surface area contributed by atoms with Crippen molar-refractivity contribution < 1.29 is 4.79 Å². The van der Waals surface area contributed by atoms with Gasteiger partial charge in [0.1, 0.15) is 12.1 Å². The van der Waals surface area contributed by atoms with Gasteiger partial charge in [0.05, 0.1) is 5.52 Å². The van der Waals surface area contributed by atoms with E-state index in [0.717, 1.165) is 10.9 Å². The van der Waals surface area contributed by atoms with E-state index < -0.39 is 0 Å². The molecule has 1 aromatic heterocycles. The van der Waals surface area contributed by atoms with Crippen molar-refractivity contribution in [3.63, 3.8) is 0 Å². The summed E-state index contributed by atoms with van der Waals surface area (Å²) in [6, 6.07) is 5.39. The summed E-state index contributed by atoms with van der Waals surface area (Å²) in [5, 5.41) is 3.60. The normalized spacial score (nSPS) is 10.8. The lowest BCUT2D eigenvalue weighted by atomic mass is 10.2. The SMILES string of the molecule is CC(C)C(=O)Nc1ccc2c(N)ncnc2c1. The number of nitrogens with one attached hydrogen (secondary N) is 1. The fraction of sp³-hybridized carbons (Fsp3) is 0.250. The lowest BCUT2D eigenvalue weighted by Gasteiger charge is -2.08. The Hall–Kier alpha value is -2.17. The maximum atomic E-state index is 11.5. The van der Waals surface area contributed by atoms with Crippen molar-refractivity contribution in [2.24, 2.45) is 5.92 Å². The Bertz CT molecular complexity index is 565. The monoisotopic (exact) mass is 230 g/mol. The zero-order chi connectivity index (χ0) is 12.4. The second kappa shape index (κ2) is 4.37. The van der Waals surface area contributed by atoms with Gasteiger partial charge in [-0.2, -0.15) is 0 Å². The topological polar surface area (TPSA) is 80.9 Å². The Balaban J connectivity index is 2.35. The first kappa shape index (κ1) is 11.3. The van der Waals surface area contributed by atoms with E-state index >= 15 is 0 Å². The third kappa shape index (κ3) is 2.33. The number of benzene rings is 1. The summed E-state index contributed by atoms with van der Waals surface area (Å²) in [5.74, 6) is 0.365. The van der Waals surface area contributed by atoms with Gasteiger partial charge in [0.15, 0.2) is 0 Å². The third-order valence-electron chi connectivity index (χ3n) is 2.46. The summed E-state index contributed by atoms with van der Waals surface area (Å²) in [4.78, 5) is 19.6. The smallest absolute Gasteiger partial charge is 0.226 e. The molecular weight excluding hydrogens is 216 g/mol. The molecule has 5 heteroatoms. The molecule has 88 valence electrons. The van der Waals surface area contributed by atoms with E-state index in [4.69, 9.17) is 5.73 Å². The molecule has 0 radical (unpaired) electrons. The van der Waals surface area contributed by atoms with Gasteiger partial charge in [0.25, 0.3) is 0 Å². The Morgan fingerprint density at radius 2 is 2.12 bits per heavy atom. The van der Waals surface area contributed by atoms with Crippen LogP contribution >= 0.6 is 0 Å². The maximum absolute atomic E-state index is 11.5. The summed E-state index contributed by atoms with van der Waals surface area (Å²) in [6.45, 7) is 3.69. The minimum Gasteiger partial charge on any atom is -0.383 e. The van der Waals surface area contributed by atoms with Crippen molar-refractivity contribution in [2.45, 2.75) is 13.8 Å². The van der Waals surface area contributed by atoms with Crippen LogP contribution in [0.5, 0.6) is 0 Å². The number of aromatic nitrogens is 2. The summed E-state index contributed by atoms with van der Waals surface area (Å²) in [6.07, 6.45) is 1.41. The number of amides is 1. The average Bonchev–Trinajstić information content (AvgIpc) is 2.29. The van der Waals surface area contributed by atoms with E-state index in [9.17, 15) is 4.79 Å². The summed E-state index contributed by atoms with van der Waals surface area (Å²) in [5.41, 5.74) is 7.16. The number of carbonyl (C=O) groups is 1. The van der Waals surface area contributed by atoms with Crippen LogP contribution in [0, 0.1) is 5.92 Å². The van der Waals surface area contributed by atoms with Gasteiger partial charge in [-0.05, 0) is 18.2 Å². The summed E-state index contributed by atoms with van der Waals surface area (Å²) < 4.78 is 0. The number of nitrogens with two attached hydrogens (primary N) is 1. The van der Waals surface area contributed by atoms with Gasteiger partial charge in [-0.25, -0.2) is 9.97 Å². The van der Waals surface area contributed by atoms with Gasteiger partial charge in [0, 0.05) is 17.0 Å². The second-order valence-electron chi connectivity index (χ2n) is 4.13. The second-order valence-corrected chi connectivity index (χ2v) is 4.13. The van der Waals surface area contributed by atoms with Crippen LogP contribution in [0.4, 0.5) is 11.5 Å². The minimum absolute atomic E-state index is 0.0219. The van der Waals surface area contributed by atoms with Gasteiger partial charge in [-0.3, -0.25) is 4.79 Å². The molecule has 2 rings (SSSR count). The number of hydrogen-bond donors (Lipinski definition) is 2. The molecule has 2 aromatic rings. The molecule has 1 heterocycles. The molecule has 17 heavy (non-hydrogen) atoms. The number of fused-ring (bicyclic) bond motifs is 1. The molecule has 5 nitrogen and oxygen atoms in total. The average molecular weight is 230 g/mol. The van der Waals surface area contributed by atoms with E-state index in [1.165, 1.54) is 6.33 Å². The molecular formula is C12H14N4O. The highest BCUT2D eigenvalue weighted by molar-refractivity contribution is 5.96. The molecule has 1 aromatic carbocycles. The van der Waals surface area contributed by atoms with Crippen molar-refractivity contribution in [1.82, 2.24) is 9.97 Å². The van der Waals surface area contributed by atoms with Gasteiger partial charge >= 0.3 is 0 Å². The van der Waals surface area contributed by atoms with Gasteiger partial charge in [-0.1, -0.05) is 13.8 Å². The van der Waals surface area contributed by atoms with Crippen LogP contribution in [-0.2, 0) is 4.79 Å². The molecule has 1 amide bonds. The molecule has 3 N–H and O–H groups in total. The molecule has 0 bridgehead atoms. The zero-order valence-corrected chi connectivity index (χ0v) is 9.77. The van der Waals surface area contributed by atoms with Crippen LogP contribution in [0.15, 0.2) is 24.5 Å². The summed E-state index contributed by atoms with van der Waals surface area (Å²) in [7, 11) is 0. The Morgan fingerprint density at radius 1 is 1.35 bits per heavy atom. The molecule has 0 unspecified atom stereocenters.